The summed E-state index contributed by atoms with van der Waals surface area (Å²) < 4.78 is 0. The van der Waals surface area contributed by atoms with Gasteiger partial charge in [-0.2, -0.15) is 0 Å². The van der Waals surface area contributed by atoms with E-state index in [4.69, 9.17) is 5.73 Å². The molecule has 0 aromatic heterocycles. The number of likely N-dealkylation sites (tertiary alicyclic amines) is 1. The lowest BCUT2D eigenvalue weighted by Gasteiger charge is -2.36. The Morgan fingerprint density at radius 1 is 1.21 bits per heavy atom. The maximum Gasteiger partial charge on any atom is 0.0210 e. The average molecular weight is 196 g/mol. The highest BCUT2D eigenvalue weighted by molar-refractivity contribution is 4.99. The molecule has 2 rings (SSSR count). The molecule has 2 aliphatic rings. The second-order valence-electron chi connectivity index (χ2n) is 5.32. The van der Waals surface area contributed by atoms with Crippen LogP contribution in [-0.2, 0) is 0 Å². The number of nitrogens with two attached hydrogens (primary N) is 1. The molecule has 0 aromatic carbocycles. The Kier molecular flexibility index (Phi) is 3.13. The van der Waals surface area contributed by atoms with E-state index in [0.29, 0.717) is 11.5 Å². The van der Waals surface area contributed by atoms with Gasteiger partial charge in [0.2, 0.25) is 0 Å². The molecule has 82 valence electrons. The van der Waals surface area contributed by atoms with Gasteiger partial charge in [0.25, 0.3) is 0 Å². The van der Waals surface area contributed by atoms with Gasteiger partial charge in [-0.1, -0.05) is 19.8 Å². The van der Waals surface area contributed by atoms with Crippen LogP contribution in [0.15, 0.2) is 0 Å². The van der Waals surface area contributed by atoms with Crippen LogP contribution in [0.25, 0.3) is 0 Å². The summed E-state index contributed by atoms with van der Waals surface area (Å²) in [6.45, 7) is 5.67. The van der Waals surface area contributed by atoms with Crippen LogP contribution in [0.2, 0.25) is 0 Å². The van der Waals surface area contributed by atoms with Gasteiger partial charge in [-0.3, -0.25) is 4.90 Å². The van der Waals surface area contributed by atoms with Gasteiger partial charge in [-0.05, 0) is 44.7 Å². The fraction of sp³-hybridized carbons (Fsp3) is 1.00. The topological polar surface area (TPSA) is 29.3 Å². The lowest BCUT2D eigenvalue weighted by Crippen LogP contribution is -2.44. The minimum absolute atomic E-state index is 0.615. The molecule has 1 aliphatic heterocycles. The van der Waals surface area contributed by atoms with Gasteiger partial charge < -0.3 is 5.73 Å². The fourth-order valence-electron chi connectivity index (χ4n) is 3.33. The van der Waals surface area contributed by atoms with Crippen molar-refractivity contribution in [1.82, 2.24) is 4.90 Å². The molecular weight excluding hydrogens is 172 g/mol. The lowest BCUT2D eigenvalue weighted by molar-refractivity contribution is 0.125. The molecule has 0 aromatic rings. The van der Waals surface area contributed by atoms with E-state index in [9.17, 15) is 0 Å². The van der Waals surface area contributed by atoms with E-state index in [-0.39, 0.29) is 0 Å². The zero-order chi connectivity index (χ0) is 10.0. The highest BCUT2D eigenvalue weighted by Crippen LogP contribution is 2.43. The molecule has 0 bridgehead atoms. The first-order valence-electron chi connectivity index (χ1n) is 6.22. The van der Waals surface area contributed by atoms with E-state index in [1.807, 2.05) is 0 Å². The van der Waals surface area contributed by atoms with Gasteiger partial charge in [0.1, 0.15) is 0 Å². The molecule has 1 saturated heterocycles. The van der Waals surface area contributed by atoms with Gasteiger partial charge in [-0.15, -0.1) is 0 Å². The number of nitrogens with zero attached hydrogens (tertiary/aromatic N) is 1. The van der Waals surface area contributed by atoms with Crippen LogP contribution in [0.5, 0.6) is 0 Å². The van der Waals surface area contributed by atoms with Crippen molar-refractivity contribution in [3.63, 3.8) is 0 Å². The number of hydrogen-bond donors (Lipinski definition) is 1. The zero-order valence-corrected chi connectivity index (χ0v) is 9.47. The molecule has 2 fully saturated rings. The fourth-order valence-corrected chi connectivity index (χ4v) is 3.33. The number of hydrogen-bond acceptors (Lipinski definition) is 2. The minimum atomic E-state index is 0.615. The van der Waals surface area contributed by atoms with E-state index in [1.54, 1.807) is 0 Å². The Morgan fingerprint density at radius 3 is 2.50 bits per heavy atom. The van der Waals surface area contributed by atoms with Crippen LogP contribution in [0.4, 0.5) is 0 Å². The van der Waals surface area contributed by atoms with Crippen LogP contribution < -0.4 is 5.73 Å². The first-order chi connectivity index (χ1) is 6.77. The molecule has 2 heteroatoms. The van der Waals surface area contributed by atoms with Gasteiger partial charge in [0.15, 0.2) is 0 Å². The average Bonchev–Trinajstić information content (AvgIpc) is 2.79. The summed E-state index contributed by atoms with van der Waals surface area (Å²) in [5, 5.41) is 0. The Morgan fingerprint density at radius 2 is 1.86 bits per heavy atom. The Hall–Kier alpha value is -0.0800. The van der Waals surface area contributed by atoms with E-state index >= 15 is 0 Å². The van der Waals surface area contributed by atoms with Crippen LogP contribution in [0.3, 0.4) is 0 Å². The van der Waals surface area contributed by atoms with Crippen molar-refractivity contribution in [3.8, 4) is 0 Å². The van der Waals surface area contributed by atoms with Gasteiger partial charge >= 0.3 is 0 Å². The molecule has 2 nitrogen and oxygen atoms in total. The van der Waals surface area contributed by atoms with Crippen LogP contribution in [0, 0.1) is 5.92 Å². The van der Waals surface area contributed by atoms with Gasteiger partial charge in [-0.25, -0.2) is 0 Å². The zero-order valence-electron chi connectivity index (χ0n) is 9.47. The maximum absolute atomic E-state index is 5.71. The summed E-state index contributed by atoms with van der Waals surface area (Å²) in [4.78, 5) is 2.75. The Bertz CT molecular complexity index is 179. The molecule has 2 N–H and O–H groups in total. The van der Waals surface area contributed by atoms with E-state index in [1.165, 1.54) is 51.6 Å². The first-order valence-corrected chi connectivity index (χ1v) is 6.22. The van der Waals surface area contributed by atoms with Crippen LogP contribution in [-0.4, -0.2) is 30.1 Å². The largest absolute Gasteiger partial charge is 0.330 e. The third-order valence-electron chi connectivity index (χ3n) is 4.21. The van der Waals surface area contributed by atoms with Crippen LogP contribution in [0.1, 0.15) is 45.4 Å². The molecule has 1 spiro atoms. The molecular formula is C12H24N2. The summed E-state index contributed by atoms with van der Waals surface area (Å²) in [6, 6.07) is 0. The Balaban J connectivity index is 1.96. The molecule has 1 heterocycles. The highest BCUT2D eigenvalue weighted by atomic mass is 15.2. The monoisotopic (exact) mass is 196 g/mol. The maximum atomic E-state index is 5.71. The van der Waals surface area contributed by atoms with Crippen molar-refractivity contribution >= 4 is 0 Å². The van der Waals surface area contributed by atoms with Crippen molar-refractivity contribution in [2.75, 3.05) is 19.6 Å². The third-order valence-corrected chi connectivity index (χ3v) is 4.21. The first kappa shape index (κ1) is 10.4. The second kappa shape index (κ2) is 4.19. The van der Waals surface area contributed by atoms with E-state index in [2.05, 4.69) is 11.8 Å². The van der Waals surface area contributed by atoms with Crippen molar-refractivity contribution < 1.29 is 0 Å². The quantitative estimate of drug-likeness (QED) is 0.748. The SMILES string of the molecule is CC(CN)CN1CCCC12CCCC2. The highest BCUT2D eigenvalue weighted by Gasteiger charge is 2.42. The van der Waals surface area contributed by atoms with Gasteiger partial charge in [0.05, 0.1) is 0 Å². The predicted molar refractivity (Wildman–Crippen MR) is 60.2 cm³/mol. The van der Waals surface area contributed by atoms with E-state index < -0.39 is 0 Å². The van der Waals surface area contributed by atoms with Crippen molar-refractivity contribution in [2.24, 2.45) is 11.7 Å². The molecule has 0 amide bonds. The summed E-state index contributed by atoms with van der Waals surface area (Å²) in [5.74, 6) is 0.672. The summed E-state index contributed by atoms with van der Waals surface area (Å²) >= 11 is 0. The lowest BCUT2D eigenvalue weighted by atomic mass is 9.93. The molecule has 1 aliphatic carbocycles. The summed E-state index contributed by atoms with van der Waals surface area (Å²) in [5.41, 5.74) is 6.33. The smallest absolute Gasteiger partial charge is 0.0210 e. The van der Waals surface area contributed by atoms with Crippen LogP contribution >= 0.6 is 0 Å². The third kappa shape index (κ3) is 1.82. The molecule has 1 saturated carbocycles. The summed E-state index contributed by atoms with van der Waals surface area (Å²) in [7, 11) is 0. The van der Waals surface area contributed by atoms with Crippen molar-refractivity contribution in [1.29, 1.82) is 0 Å². The summed E-state index contributed by atoms with van der Waals surface area (Å²) in [6.07, 6.45) is 8.66. The standard InChI is InChI=1S/C12H24N2/c1-11(9-13)10-14-8-4-7-12(14)5-2-3-6-12/h11H,2-10,13H2,1H3. The Labute approximate surface area is 87.8 Å². The number of rotatable bonds is 3. The normalized spacial score (nSPS) is 28.7. The second-order valence-corrected chi connectivity index (χ2v) is 5.32. The molecule has 0 radical (unpaired) electrons. The van der Waals surface area contributed by atoms with E-state index in [0.717, 1.165) is 6.54 Å². The molecule has 14 heavy (non-hydrogen) atoms. The molecule has 1 unspecified atom stereocenters. The molecule has 1 atom stereocenters. The predicted octanol–water partition coefficient (Wildman–Crippen LogP) is 1.99. The minimum Gasteiger partial charge on any atom is -0.330 e. The van der Waals surface area contributed by atoms with Crippen molar-refractivity contribution in [2.45, 2.75) is 51.0 Å². The van der Waals surface area contributed by atoms with Crippen molar-refractivity contribution in [3.05, 3.63) is 0 Å². The van der Waals surface area contributed by atoms with Gasteiger partial charge in [0, 0.05) is 12.1 Å².